The van der Waals surface area contributed by atoms with E-state index in [1.54, 1.807) is 26.1 Å². The largest absolute Gasteiger partial charge is 0.351 e. The number of aromatic nitrogens is 3. The number of H-pyrrole nitrogens is 1. The van der Waals surface area contributed by atoms with Crippen LogP contribution in [-0.2, 0) is 7.05 Å². The first-order valence-electron chi connectivity index (χ1n) is 8.97. The highest BCUT2D eigenvalue weighted by molar-refractivity contribution is 5.98. The second-order valence-corrected chi connectivity index (χ2v) is 7.04. The lowest BCUT2D eigenvalue weighted by molar-refractivity contribution is 0.0740. The molecule has 0 saturated heterocycles. The number of benzene rings is 2. The van der Waals surface area contributed by atoms with Gasteiger partial charge in [0.15, 0.2) is 11.6 Å². The van der Waals surface area contributed by atoms with Crippen molar-refractivity contribution in [2.24, 2.45) is 7.05 Å². The maximum Gasteiger partial charge on any atom is 0.272 e. The minimum Gasteiger partial charge on any atom is -0.351 e. The molecule has 2 aromatic heterocycles. The lowest BCUT2D eigenvalue weighted by atomic mass is 10.0. The molecule has 2 aromatic carbocycles. The third-order valence-corrected chi connectivity index (χ3v) is 5.29. The van der Waals surface area contributed by atoms with Gasteiger partial charge in [-0.25, -0.2) is 13.9 Å². The van der Waals surface area contributed by atoms with E-state index in [4.69, 9.17) is 0 Å². The van der Waals surface area contributed by atoms with Gasteiger partial charge >= 0.3 is 0 Å². The van der Waals surface area contributed by atoms with Gasteiger partial charge in [0.1, 0.15) is 0 Å². The molecule has 1 N–H and O–H groups in total. The van der Waals surface area contributed by atoms with Gasteiger partial charge in [-0.3, -0.25) is 9.59 Å². The van der Waals surface area contributed by atoms with Crippen molar-refractivity contribution in [3.63, 3.8) is 0 Å². The van der Waals surface area contributed by atoms with Crippen LogP contribution in [0, 0.1) is 11.6 Å². The normalized spacial score (nSPS) is 12.4. The average Bonchev–Trinajstić information content (AvgIpc) is 3.08. The van der Waals surface area contributed by atoms with Gasteiger partial charge in [0.05, 0.1) is 17.1 Å². The first kappa shape index (κ1) is 18.8. The number of nitrogens with one attached hydrogen (secondary N) is 1. The van der Waals surface area contributed by atoms with Crippen LogP contribution in [0.1, 0.15) is 29.0 Å². The van der Waals surface area contributed by atoms with Crippen molar-refractivity contribution < 1.29 is 13.6 Å². The molecule has 4 aromatic rings. The van der Waals surface area contributed by atoms with E-state index in [-0.39, 0.29) is 22.4 Å². The number of hydrogen-bond donors (Lipinski definition) is 1. The fourth-order valence-electron chi connectivity index (χ4n) is 3.47. The molecule has 8 heteroatoms. The predicted octanol–water partition coefficient (Wildman–Crippen LogP) is 3.53. The predicted molar refractivity (Wildman–Crippen MR) is 106 cm³/mol. The Hall–Kier alpha value is -3.55. The van der Waals surface area contributed by atoms with E-state index >= 15 is 0 Å². The van der Waals surface area contributed by atoms with E-state index in [1.165, 1.54) is 4.90 Å². The van der Waals surface area contributed by atoms with Crippen LogP contribution < -0.4 is 5.56 Å². The number of nitrogens with zero attached hydrogens (tertiary/aromatic N) is 3. The van der Waals surface area contributed by atoms with Crippen molar-refractivity contribution in [3.05, 3.63) is 75.8 Å². The van der Waals surface area contributed by atoms with Gasteiger partial charge in [0, 0.05) is 42.1 Å². The quantitative estimate of drug-likeness (QED) is 0.576. The molecule has 0 aliphatic carbocycles. The summed E-state index contributed by atoms with van der Waals surface area (Å²) in [6, 6.07) is 8.50. The standard InChI is InChI=1S/C21H18F2N4O2/c1-11(19-14-9-16(22)17(23)10-15(14)20(28)25-24-19)27(3)21(29)13-4-5-18-12(8-13)6-7-26(18)2/h4-11H,1-3H3,(H,25,28)/t11-/m0/s1. The van der Waals surface area contributed by atoms with Crippen molar-refractivity contribution >= 4 is 27.6 Å². The van der Waals surface area contributed by atoms with Crippen molar-refractivity contribution in [2.75, 3.05) is 7.05 Å². The zero-order valence-electron chi connectivity index (χ0n) is 16.0. The topological polar surface area (TPSA) is 71.0 Å². The number of rotatable bonds is 3. The summed E-state index contributed by atoms with van der Waals surface area (Å²) in [5, 5.41) is 7.38. The summed E-state index contributed by atoms with van der Waals surface area (Å²) >= 11 is 0. The number of amides is 1. The van der Waals surface area contributed by atoms with Crippen LogP contribution in [0.3, 0.4) is 0 Å². The summed E-state index contributed by atoms with van der Waals surface area (Å²) in [5.41, 5.74) is 1.14. The number of aryl methyl sites for hydroxylation is 1. The molecule has 0 radical (unpaired) electrons. The van der Waals surface area contributed by atoms with Crippen molar-refractivity contribution in [2.45, 2.75) is 13.0 Å². The molecule has 0 aliphatic heterocycles. The first-order valence-corrected chi connectivity index (χ1v) is 8.97. The van der Waals surface area contributed by atoms with Crippen LogP contribution >= 0.6 is 0 Å². The summed E-state index contributed by atoms with van der Waals surface area (Å²) in [6.45, 7) is 1.71. The maximum atomic E-state index is 13.8. The number of hydrogen-bond acceptors (Lipinski definition) is 3. The van der Waals surface area contributed by atoms with Gasteiger partial charge in [0.2, 0.25) is 0 Å². The van der Waals surface area contributed by atoms with Crippen LogP contribution in [0.2, 0.25) is 0 Å². The molecule has 6 nitrogen and oxygen atoms in total. The molecule has 2 heterocycles. The molecule has 4 rings (SSSR count). The van der Waals surface area contributed by atoms with Gasteiger partial charge in [0.25, 0.3) is 11.5 Å². The zero-order valence-corrected chi connectivity index (χ0v) is 16.0. The number of aromatic amines is 1. The third-order valence-electron chi connectivity index (χ3n) is 5.29. The highest BCUT2D eigenvalue weighted by atomic mass is 19.2. The molecule has 0 aliphatic rings. The summed E-state index contributed by atoms with van der Waals surface area (Å²) in [7, 11) is 3.52. The van der Waals surface area contributed by atoms with Gasteiger partial charge in [-0.1, -0.05) is 0 Å². The molecular weight excluding hydrogens is 378 g/mol. The number of fused-ring (bicyclic) bond motifs is 2. The number of halogens is 2. The van der Waals surface area contributed by atoms with Gasteiger partial charge in [-0.15, -0.1) is 0 Å². The van der Waals surface area contributed by atoms with Crippen LogP contribution in [0.15, 0.2) is 47.4 Å². The highest BCUT2D eigenvalue weighted by Crippen LogP contribution is 2.27. The second kappa shape index (κ2) is 6.80. The molecule has 0 unspecified atom stereocenters. The Morgan fingerprint density at radius 3 is 2.55 bits per heavy atom. The van der Waals surface area contributed by atoms with Crippen molar-refractivity contribution in [1.82, 2.24) is 19.7 Å². The Kier molecular flexibility index (Phi) is 4.41. The SMILES string of the molecule is C[C@@H](c1n[nH]c(=O)c2cc(F)c(F)cc12)N(C)C(=O)c1ccc2c(ccn2C)c1. The van der Waals surface area contributed by atoms with Crippen LogP contribution in [-0.4, -0.2) is 32.6 Å². The minimum absolute atomic E-state index is 0.0210. The fraction of sp³-hybridized carbons (Fsp3) is 0.190. The molecular formula is C21H18F2N4O2. The van der Waals surface area contributed by atoms with E-state index < -0.39 is 23.2 Å². The van der Waals surface area contributed by atoms with E-state index in [1.807, 2.05) is 29.9 Å². The van der Waals surface area contributed by atoms with Crippen molar-refractivity contribution in [1.29, 1.82) is 0 Å². The van der Waals surface area contributed by atoms with Gasteiger partial charge in [-0.05, 0) is 43.3 Å². The van der Waals surface area contributed by atoms with E-state index in [0.29, 0.717) is 5.56 Å². The first-order chi connectivity index (χ1) is 13.8. The molecule has 1 amide bonds. The maximum absolute atomic E-state index is 13.8. The molecule has 0 saturated carbocycles. The summed E-state index contributed by atoms with van der Waals surface area (Å²) in [6.07, 6.45) is 1.91. The summed E-state index contributed by atoms with van der Waals surface area (Å²) in [4.78, 5) is 26.4. The smallest absolute Gasteiger partial charge is 0.272 e. The lowest BCUT2D eigenvalue weighted by Gasteiger charge is -2.25. The molecule has 0 bridgehead atoms. The minimum atomic E-state index is -1.12. The molecule has 29 heavy (non-hydrogen) atoms. The zero-order chi connectivity index (χ0) is 20.9. The van der Waals surface area contributed by atoms with Crippen LogP contribution in [0.5, 0.6) is 0 Å². The molecule has 148 valence electrons. The van der Waals surface area contributed by atoms with E-state index in [2.05, 4.69) is 10.2 Å². The Bertz CT molecular complexity index is 1330. The Labute approximate surface area is 164 Å². The number of carbonyl (C=O) groups excluding carboxylic acids is 1. The van der Waals surface area contributed by atoms with E-state index in [9.17, 15) is 18.4 Å². The van der Waals surface area contributed by atoms with Crippen molar-refractivity contribution in [3.8, 4) is 0 Å². The summed E-state index contributed by atoms with van der Waals surface area (Å²) < 4.78 is 29.3. The average molecular weight is 396 g/mol. The van der Waals surface area contributed by atoms with Gasteiger partial charge < -0.3 is 9.47 Å². The summed E-state index contributed by atoms with van der Waals surface area (Å²) in [5.74, 6) is -2.46. The Morgan fingerprint density at radius 1 is 1.14 bits per heavy atom. The Balaban J connectivity index is 1.74. The van der Waals surface area contributed by atoms with E-state index in [0.717, 1.165) is 23.0 Å². The third kappa shape index (κ3) is 3.06. The second-order valence-electron chi connectivity index (χ2n) is 7.04. The van der Waals surface area contributed by atoms with Crippen LogP contribution in [0.4, 0.5) is 8.78 Å². The lowest BCUT2D eigenvalue weighted by Crippen LogP contribution is -2.31. The highest BCUT2D eigenvalue weighted by Gasteiger charge is 2.24. The molecule has 0 fully saturated rings. The fourth-order valence-corrected chi connectivity index (χ4v) is 3.47. The Morgan fingerprint density at radius 2 is 1.83 bits per heavy atom. The van der Waals surface area contributed by atoms with Crippen LogP contribution in [0.25, 0.3) is 21.7 Å². The number of carbonyl (C=O) groups is 1. The van der Waals surface area contributed by atoms with Gasteiger partial charge in [-0.2, -0.15) is 5.10 Å². The molecule has 0 spiro atoms. The molecule has 1 atom stereocenters. The monoisotopic (exact) mass is 396 g/mol.